The summed E-state index contributed by atoms with van der Waals surface area (Å²) < 4.78 is 5.28. The highest BCUT2D eigenvalue weighted by atomic mass is 32.1. The van der Waals surface area contributed by atoms with Gasteiger partial charge in [-0.1, -0.05) is 11.3 Å². The molecule has 0 aliphatic carbocycles. The second-order valence-electron chi connectivity index (χ2n) is 3.94. The van der Waals surface area contributed by atoms with E-state index in [4.69, 9.17) is 9.84 Å². The molecule has 1 N–H and O–H groups in total. The van der Waals surface area contributed by atoms with Crippen molar-refractivity contribution in [3.05, 3.63) is 5.01 Å². The van der Waals surface area contributed by atoms with Crippen LogP contribution in [-0.4, -0.2) is 47.1 Å². The van der Waals surface area contributed by atoms with E-state index in [1.54, 1.807) is 0 Å². The van der Waals surface area contributed by atoms with Crippen LogP contribution in [-0.2, 0) is 9.53 Å². The van der Waals surface area contributed by atoms with Crippen molar-refractivity contribution in [1.29, 1.82) is 0 Å². The molecule has 0 aromatic carbocycles. The fraction of sp³-hybridized carbons (Fsp3) is 0.700. The van der Waals surface area contributed by atoms with Gasteiger partial charge in [0.2, 0.25) is 5.13 Å². The zero-order valence-corrected chi connectivity index (χ0v) is 10.6. The third-order valence-electron chi connectivity index (χ3n) is 2.87. The molecule has 1 saturated heterocycles. The molecule has 1 aliphatic heterocycles. The van der Waals surface area contributed by atoms with Gasteiger partial charge in [0.15, 0.2) is 0 Å². The van der Waals surface area contributed by atoms with Gasteiger partial charge in [-0.3, -0.25) is 4.79 Å². The number of hydrogen-bond acceptors (Lipinski definition) is 6. The lowest BCUT2D eigenvalue weighted by Crippen LogP contribution is -2.43. The summed E-state index contributed by atoms with van der Waals surface area (Å²) in [5.41, 5.74) is 0. The van der Waals surface area contributed by atoms with Gasteiger partial charge in [0, 0.05) is 6.54 Å². The molecule has 2 unspecified atom stereocenters. The topological polar surface area (TPSA) is 75.5 Å². The van der Waals surface area contributed by atoms with Crippen molar-refractivity contribution in [2.24, 2.45) is 5.92 Å². The molecule has 94 valence electrons. The molecule has 1 aromatic heterocycles. The van der Waals surface area contributed by atoms with Crippen molar-refractivity contribution in [2.75, 3.05) is 24.7 Å². The molecule has 7 heteroatoms. The predicted molar refractivity (Wildman–Crippen MR) is 63.4 cm³/mol. The van der Waals surface area contributed by atoms with Crippen LogP contribution in [0.25, 0.3) is 0 Å². The summed E-state index contributed by atoms with van der Waals surface area (Å²) in [7, 11) is 0. The van der Waals surface area contributed by atoms with Crippen LogP contribution in [0.15, 0.2) is 0 Å². The van der Waals surface area contributed by atoms with Crippen LogP contribution in [0.3, 0.4) is 0 Å². The standard InChI is InChI=1S/C10H15N3O3S/c1-3-13(10-12-11-6(2)17-10)8-5-16-4-7(8)9(14)15/h7-8H,3-5H2,1-2H3,(H,14,15). The molecule has 0 radical (unpaired) electrons. The van der Waals surface area contributed by atoms with E-state index >= 15 is 0 Å². The molecule has 0 amide bonds. The lowest BCUT2D eigenvalue weighted by Gasteiger charge is -2.28. The first-order valence-electron chi connectivity index (χ1n) is 5.50. The average molecular weight is 257 g/mol. The first-order chi connectivity index (χ1) is 8.13. The van der Waals surface area contributed by atoms with Crippen molar-refractivity contribution < 1.29 is 14.6 Å². The van der Waals surface area contributed by atoms with Crippen molar-refractivity contribution in [3.8, 4) is 0 Å². The van der Waals surface area contributed by atoms with Gasteiger partial charge in [0.25, 0.3) is 0 Å². The van der Waals surface area contributed by atoms with Crippen molar-refractivity contribution in [1.82, 2.24) is 10.2 Å². The van der Waals surface area contributed by atoms with Gasteiger partial charge < -0.3 is 14.7 Å². The summed E-state index contributed by atoms with van der Waals surface area (Å²) in [6.45, 7) is 5.27. The highest BCUT2D eigenvalue weighted by Gasteiger charge is 2.38. The predicted octanol–water partition coefficient (Wildman–Crippen LogP) is 0.772. The van der Waals surface area contributed by atoms with Crippen LogP contribution in [0.1, 0.15) is 11.9 Å². The number of hydrogen-bond donors (Lipinski definition) is 1. The molecule has 2 atom stereocenters. The van der Waals surface area contributed by atoms with Crippen LogP contribution in [0, 0.1) is 12.8 Å². The van der Waals surface area contributed by atoms with Gasteiger partial charge in [0.1, 0.15) is 10.9 Å². The Kier molecular flexibility index (Phi) is 3.58. The fourth-order valence-corrected chi connectivity index (χ4v) is 2.81. The number of anilines is 1. The number of carboxylic acid groups (broad SMARTS) is 1. The number of carbonyl (C=O) groups is 1. The first kappa shape index (κ1) is 12.3. The zero-order valence-electron chi connectivity index (χ0n) is 9.79. The number of nitrogens with zero attached hydrogens (tertiary/aromatic N) is 3. The van der Waals surface area contributed by atoms with E-state index in [9.17, 15) is 4.79 Å². The van der Waals surface area contributed by atoms with Crippen LogP contribution in [0.2, 0.25) is 0 Å². The van der Waals surface area contributed by atoms with Crippen molar-refractivity contribution in [3.63, 3.8) is 0 Å². The smallest absolute Gasteiger partial charge is 0.311 e. The zero-order chi connectivity index (χ0) is 12.4. The average Bonchev–Trinajstić information content (AvgIpc) is 2.89. The maximum Gasteiger partial charge on any atom is 0.311 e. The Morgan fingerprint density at radius 1 is 1.59 bits per heavy atom. The normalized spacial score (nSPS) is 23.9. The summed E-state index contributed by atoms with van der Waals surface area (Å²) in [6.07, 6.45) is 0. The summed E-state index contributed by atoms with van der Waals surface area (Å²) in [4.78, 5) is 13.1. The van der Waals surface area contributed by atoms with E-state index in [0.717, 1.165) is 10.1 Å². The summed E-state index contributed by atoms with van der Waals surface area (Å²) in [6, 6.07) is -0.148. The van der Waals surface area contributed by atoms with Gasteiger partial charge in [-0.05, 0) is 13.8 Å². The van der Waals surface area contributed by atoms with E-state index < -0.39 is 11.9 Å². The van der Waals surface area contributed by atoms with Gasteiger partial charge in [-0.15, -0.1) is 10.2 Å². The maximum atomic E-state index is 11.1. The Bertz CT molecular complexity index is 409. The van der Waals surface area contributed by atoms with Gasteiger partial charge in [-0.25, -0.2) is 0 Å². The minimum absolute atomic E-state index is 0.148. The number of aromatic nitrogens is 2. The number of ether oxygens (including phenoxy) is 1. The monoisotopic (exact) mass is 257 g/mol. The Morgan fingerprint density at radius 3 is 2.88 bits per heavy atom. The SMILES string of the molecule is CCN(c1nnc(C)s1)C1COCC1C(=O)O. The fourth-order valence-electron chi connectivity index (χ4n) is 2.00. The summed E-state index contributed by atoms with van der Waals surface area (Å²) in [5, 5.41) is 18.8. The molecule has 1 aromatic rings. The van der Waals surface area contributed by atoms with Gasteiger partial charge in [-0.2, -0.15) is 0 Å². The Labute approximate surface area is 103 Å². The molecular weight excluding hydrogens is 242 g/mol. The molecule has 6 nitrogen and oxygen atoms in total. The van der Waals surface area contributed by atoms with Crippen molar-refractivity contribution >= 4 is 22.4 Å². The molecule has 1 aliphatic rings. The Morgan fingerprint density at radius 2 is 2.35 bits per heavy atom. The third kappa shape index (κ3) is 2.39. The highest BCUT2D eigenvalue weighted by Crippen LogP contribution is 2.27. The molecule has 2 heterocycles. The van der Waals surface area contributed by atoms with Crippen LogP contribution in [0.5, 0.6) is 0 Å². The minimum Gasteiger partial charge on any atom is -0.481 e. The van der Waals surface area contributed by atoms with E-state index in [0.29, 0.717) is 13.2 Å². The lowest BCUT2D eigenvalue weighted by molar-refractivity contribution is -0.141. The van der Waals surface area contributed by atoms with E-state index in [2.05, 4.69) is 10.2 Å². The maximum absolute atomic E-state index is 11.1. The third-order valence-corrected chi connectivity index (χ3v) is 3.75. The van der Waals surface area contributed by atoms with Gasteiger partial charge in [0.05, 0.1) is 19.3 Å². The number of likely N-dealkylation sites (N-methyl/N-ethyl adjacent to an activating group) is 1. The minimum atomic E-state index is -0.813. The largest absolute Gasteiger partial charge is 0.481 e. The number of aliphatic carboxylic acids is 1. The van der Waals surface area contributed by atoms with Crippen molar-refractivity contribution in [2.45, 2.75) is 19.9 Å². The summed E-state index contributed by atoms with van der Waals surface area (Å²) in [5.74, 6) is -1.30. The molecule has 0 saturated carbocycles. The molecule has 2 rings (SSSR count). The van der Waals surface area contributed by atoms with E-state index in [1.165, 1.54) is 11.3 Å². The van der Waals surface area contributed by atoms with Crippen LogP contribution < -0.4 is 4.90 Å². The quantitative estimate of drug-likeness (QED) is 0.858. The molecular formula is C10H15N3O3S. The first-order valence-corrected chi connectivity index (χ1v) is 6.32. The van der Waals surface area contributed by atoms with Crippen LogP contribution in [0.4, 0.5) is 5.13 Å². The number of carboxylic acids is 1. The molecule has 0 bridgehead atoms. The van der Waals surface area contributed by atoms with E-state index in [1.807, 2.05) is 18.7 Å². The second-order valence-corrected chi connectivity index (χ2v) is 5.10. The van der Waals surface area contributed by atoms with Crippen LogP contribution >= 0.6 is 11.3 Å². The lowest BCUT2D eigenvalue weighted by atomic mass is 10.0. The molecule has 0 spiro atoms. The summed E-state index contributed by atoms with van der Waals surface area (Å²) >= 11 is 1.48. The molecule has 1 fully saturated rings. The number of rotatable bonds is 4. The van der Waals surface area contributed by atoms with Gasteiger partial charge >= 0.3 is 5.97 Å². The second kappa shape index (κ2) is 4.97. The Hall–Kier alpha value is -1.21. The Balaban J connectivity index is 2.20. The van der Waals surface area contributed by atoms with E-state index in [-0.39, 0.29) is 12.6 Å². The molecule has 17 heavy (non-hydrogen) atoms. The highest BCUT2D eigenvalue weighted by molar-refractivity contribution is 7.15. The number of aryl methyl sites for hydroxylation is 1.